The summed E-state index contributed by atoms with van der Waals surface area (Å²) in [7, 11) is 0. The molecule has 0 radical (unpaired) electrons. The van der Waals surface area contributed by atoms with Gasteiger partial charge in [0.05, 0.1) is 11.3 Å². The van der Waals surface area contributed by atoms with Crippen molar-refractivity contribution in [2.75, 3.05) is 0 Å². The summed E-state index contributed by atoms with van der Waals surface area (Å²) in [6.45, 7) is 5.42. The van der Waals surface area contributed by atoms with Crippen LogP contribution >= 0.6 is 11.6 Å². The number of phenolic OH excluding ortho intramolecular Hbond substituents is 1. The Balaban J connectivity index is 2.10. The minimum Gasteiger partial charge on any atom is -0.504 e. The molecule has 0 fully saturated rings. The van der Waals surface area contributed by atoms with E-state index in [9.17, 15) is 14.3 Å². The van der Waals surface area contributed by atoms with Crippen LogP contribution in [-0.2, 0) is 4.79 Å². The lowest BCUT2D eigenvalue weighted by atomic mass is 9.87. The van der Waals surface area contributed by atoms with E-state index in [1.165, 1.54) is 18.2 Å². The molecule has 6 heteroatoms. The number of carbonyl (C=O) groups excluding carboxylic acids is 1. The Labute approximate surface area is 195 Å². The van der Waals surface area contributed by atoms with Crippen molar-refractivity contribution in [1.82, 2.24) is 0 Å². The summed E-state index contributed by atoms with van der Waals surface area (Å²) in [4.78, 5) is 12.0. The zero-order valence-electron chi connectivity index (χ0n) is 17.8. The monoisotopic (exact) mass is 462 g/mol. The predicted octanol–water partition coefficient (Wildman–Crippen LogP) is 7.39. The first-order chi connectivity index (χ1) is 15.9. The van der Waals surface area contributed by atoms with Crippen molar-refractivity contribution in [1.29, 1.82) is 0 Å². The van der Waals surface area contributed by atoms with E-state index in [0.29, 0.717) is 45.4 Å². The second-order valence-electron chi connectivity index (χ2n) is 7.26. The van der Waals surface area contributed by atoms with Crippen LogP contribution < -0.4 is 4.74 Å². The number of hydrogen-bond donors (Lipinski definition) is 1. The van der Waals surface area contributed by atoms with Crippen molar-refractivity contribution in [3.63, 3.8) is 0 Å². The molecule has 0 aliphatic heterocycles. The molecule has 0 aliphatic rings. The van der Waals surface area contributed by atoms with Gasteiger partial charge < -0.3 is 14.3 Å². The molecule has 0 aliphatic carbocycles. The largest absolute Gasteiger partial charge is 0.504 e. The molecule has 0 bridgehead atoms. The van der Waals surface area contributed by atoms with Crippen LogP contribution in [0, 0.1) is 5.82 Å². The third-order valence-electron chi connectivity index (χ3n) is 5.29. The van der Waals surface area contributed by atoms with Crippen LogP contribution in [0.2, 0.25) is 5.02 Å². The van der Waals surface area contributed by atoms with E-state index in [2.05, 4.69) is 6.58 Å². The molecule has 33 heavy (non-hydrogen) atoms. The average Bonchev–Trinajstić information content (AvgIpc) is 3.23. The topological polar surface area (TPSA) is 59.7 Å². The van der Waals surface area contributed by atoms with E-state index in [4.69, 9.17) is 20.8 Å². The lowest BCUT2D eigenvalue weighted by molar-refractivity contribution is -0.128. The Morgan fingerprint density at radius 2 is 1.91 bits per heavy atom. The summed E-state index contributed by atoms with van der Waals surface area (Å²) in [5.74, 6) is -0.729. The summed E-state index contributed by atoms with van der Waals surface area (Å²) >= 11 is 6.45. The second kappa shape index (κ2) is 9.35. The predicted molar refractivity (Wildman–Crippen MR) is 128 cm³/mol. The number of para-hydroxylation sites is 2. The van der Waals surface area contributed by atoms with E-state index in [1.54, 1.807) is 30.5 Å². The van der Waals surface area contributed by atoms with Crippen molar-refractivity contribution < 1.29 is 23.4 Å². The van der Waals surface area contributed by atoms with E-state index in [1.807, 2.05) is 25.1 Å². The number of rotatable bonds is 6. The van der Waals surface area contributed by atoms with Gasteiger partial charge in [-0.2, -0.15) is 0 Å². The lowest BCUT2D eigenvalue weighted by Gasteiger charge is -2.18. The molecule has 0 saturated heterocycles. The van der Waals surface area contributed by atoms with Gasteiger partial charge in [0.15, 0.2) is 11.3 Å². The van der Waals surface area contributed by atoms with Gasteiger partial charge in [-0.1, -0.05) is 61.5 Å². The summed E-state index contributed by atoms with van der Waals surface area (Å²) < 4.78 is 25.0. The zero-order chi connectivity index (χ0) is 23.5. The Morgan fingerprint density at radius 1 is 1.12 bits per heavy atom. The molecule has 4 rings (SSSR count). The lowest BCUT2D eigenvalue weighted by Crippen LogP contribution is -2.06. The molecular weight excluding hydrogens is 443 g/mol. The summed E-state index contributed by atoms with van der Waals surface area (Å²) in [6.07, 6.45) is 3.15. The van der Waals surface area contributed by atoms with Crippen LogP contribution in [0.15, 0.2) is 84.0 Å². The first kappa shape index (κ1) is 22.4. The van der Waals surface area contributed by atoms with Crippen molar-refractivity contribution in [2.24, 2.45) is 0 Å². The minimum atomic E-state index is -0.602. The maximum atomic E-state index is 13.8. The van der Waals surface area contributed by atoms with Crippen LogP contribution in [0.25, 0.3) is 22.1 Å². The number of fused-ring (bicyclic) bond motifs is 1. The molecular formula is C27H20ClFO4. The highest BCUT2D eigenvalue weighted by atomic mass is 35.5. The third kappa shape index (κ3) is 4.28. The molecule has 3 aromatic carbocycles. The van der Waals surface area contributed by atoms with Crippen LogP contribution in [0.5, 0.6) is 11.5 Å². The number of phenols is 1. The number of benzene rings is 3. The van der Waals surface area contributed by atoms with Crippen molar-refractivity contribution in [2.45, 2.75) is 13.3 Å². The van der Waals surface area contributed by atoms with Crippen molar-refractivity contribution in [3.8, 4) is 11.5 Å². The number of halogens is 2. The molecule has 4 aromatic rings. The fraction of sp³-hybridized carbons (Fsp3) is 0.0741. The normalized spacial score (nSPS) is 11.8. The first-order valence-electron chi connectivity index (χ1n) is 10.3. The highest BCUT2D eigenvalue weighted by Crippen LogP contribution is 2.44. The molecule has 1 N–H and O–H groups in total. The van der Waals surface area contributed by atoms with Crippen LogP contribution in [0.1, 0.15) is 30.0 Å². The summed E-state index contributed by atoms with van der Waals surface area (Å²) in [5.41, 5.74) is 3.70. The Bertz CT molecular complexity index is 1400. The fourth-order valence-electron chi connectivity index (χ4n) is 3.85. The van der Waals surface area contributed by atoms with Crippen molar-refractivity contribution >= 4 is 39.7 Å². The van der Waals surface area contributed by atoms with Crippen LogP contribution in [-0.4, -0.2) is 11.1 Å². The number of furan rings is 1. The standard InChI is InChI=1S/C27H20ClFO4/c1-3-17(18-13-12-16(29)14-22(18)28)26(20-8-5-6-11-24(20)33-25(31)4-2)21-15-32-27-19(21)9-7-10-23(27)30/h4-15,30H,2-3H2,1H3/b26-17-. The van der Waals surface area contributed by atoms with Gasteiger partial charge in [-0.3, -0.25) is 0 Å². The SMILES string of the molecule is C=CC(=O)Oc1ccccc1/C(=C(\CC)c1ccc(F)cc1Cl)c1coc2c(O)cccc12. The number of allylic oxidation sites excluding steroid dienone is 1. The molecule has 166 valence electrons. The van der Waals surface area contributed by atoms with Gasteiger partial charge in [0, 0.05) is 28.2 Å². The van der Waals surface area contributed by atoms with Crippen LogP contribution in [0.4, 0.5) is 4.39 Å². The number of aromatic hydroxyl groups is 1. The van der Waals surface area contributed by atoms with Gasteiger partial charge in [0.2, 0.25) is 0 Å². The summed E-state index contributed by atoms with van der Waals surface area (Å²) in [5, 5.41) is 11.2. The number of hydrogen-bond acceptors (Lipinski definition) is 4. The van der Waals surface area contributed by atoms with Crippen LogP contribution in [0.3, 0.4) is 0 Å². The second-order valence-corrected chi connectivity index (χ2v) is 7.66. The minimum absolute atomic E-state index is 0.00216. The van der Waals surface area contributed by atoms with Gasteiger partial charge in [-0.15, -0.1) is 0 Å². The molecule has 4 nitrogen and oxygen atoms in total. The zero-order valence-corrected chi connectivity index (χ0v) is 18.5. The Hall–Kier alpha value is -3.83. The van der Waals surface area contributed by atoms with Gasteiger partial charge in [-0.25, -0.2) is 9.18 Å². The van der Waals surface area contributed by atoms with E-state index in [-0.39, 0.29) is 10.8 Å². The van der Waals surface area contributed by atoms with Gasteiger partial charge in [0.25, 0.3) is 0 Å². The molecule has 0 unspecified atom stereocenters. The van der Waals surface area contributed by atoms with Crippen molar-refractivity contribution in [3.05, 3.63) is 107 Å². The van der Waals surface area contributed by atoms with Gasteiger partial charge >= 0.3 is 5.97 Å². The Kier molecular flexibility index (Phi) is 6.33. The fourth-order valence-corrected chi connectivity index (χ4v) is 4.14. The molecule has 0 saturated carbocycles. The molecule has 1 aromatic heterocycles. The van der Waals surface area contributed by atoms with Gasteiger partial charge in [-0.05, 0) is 41.8 Å². The smallest absolute Gasteiger partial charge is 0.335 e. The highest BCUT2D eigenvalue weighted by molar-refractivity contribution is 6.33. The average molecular weight is 463 g/mol. The number of ether oxygens (including phenoxy) is 1. The first-order valence-corrected chi connectivity index (χ1v) is 10.6. The highest BCUT2D eigenvalue weighted by Gasteiger charge is 2.23. The quantitative estimate of drug-likeness (QED) is 0.140. The van der Waals surface area contributed by atoms with E-state index >= 15 is 0 Å². The number of carbonyl (C=O) groups is 1. The summed E-state index contributed by atoms with van der Waals surface area (Å²) in [6, 6.07) is 16.4. The Morgan fingerprint density at radius 3 is 2.64 bits per heavy atom. The molecule has 0 spiro atoms. The maximum absolute atomic E-state index is 13.8. The molecule has 0 atom stereocenters. The maximum Gasteiger partial charge on any atom is 0.335 e. The van der Waals surface area contributed by atoms with Gasteiger partial charge in [0.1, 0.15) is 11.6 Å². The van der Waals surface area contributed by atoms with E-state index in [0.717, 1.165) is 11.6 Å². The number of esters is 1. The third-order valence-corrected chi connectivity index (χ3v) is 5.61. The molecule has 0 amide bonds. The van der Waals surface area contributed by atoms with E-state index < -0.39 is 11.8 Å². The molecule has 1 heterocycles.